The number of halogens is 1. The third-order valence-electron chi connectivity index (χ3n) is 7.10. The molecular weight excluding hydrogens is 748 g/mol. The van der Waals surface area contributed by atoms with Crippen LogP contribution in [0.25, 0.3) is 33.7 Å². The molecule has 17 heteroatoms. The minimum atomic E-state index is -4.04. The molecule has 0 aliphatic heterocycles. The second-order valence-electron chi connectivity index (χ2n) is 9.89. The molecule has 2 aromatic heterocycles. The van der Waals surface area contributed by atoms with Gasteiger partial charge in [-0.25, -0.2) is 0 Å². The average Bonchev–Trinajstić information content (AvgIpc) is 3.59. The maximum absolute atomic E-state index is 14.0. The van der Waals surface area contributed by atoms with Gasteiger partial charge in [0.1, 0.15) is 27.4 Å². The van der Waals surface area contributed by atoms with Gasteiger partial charge in [-0.1, -0.05) is 27.7 Å². The summed E-state index contributed by atoms with van der Waals surface area (Å²) in [7, 11) is 4.42. The van der Waals surface area contributed by atoms with Crippen LogP contribution in [0.2, 0.25) is 0 Å². The SMILES string of the molecule is COc1cc(OC)c2c(=O)c(OCCCSc3nnc(-c4cc(Br)ccc4S(=O)(=O)OC)o3)c(-c3cc(OC)c(OC)c(OC)c3)oc2c1. The van der Waals surface area contributed by atoms with Crippen LogP contribution in [-0.4, -0.2) is 73.6 Å². The molecule has 0 unspecified atom stereocenters. The van der Waals surface area contributed by atoms with Gasteiger partial charge in [-0.3, -0.25) is 8.98 Å². The van der Waals surface area contributed by atoms with Crippen LogP contribution in [0, 0.1) is 0 Å². The number of hydrogen-bond acceptors (Lipinski definition) is 15. The fourth-order valence-corrected chi connectivity index (χ4v) is 6.67. The fourth-order valence-electron chi connectivity index (χ4n) is 4.80. The molecule has 0 amide bonds. The molecule has 0 radical (unpaired) electrons. The molecular formula is C32H31BrN2O12S2. The van der Waals surface area contributed by atoms with Crippen molar-refractivity contribution in [2.75, 3.05) is 55.0 Å². The number of nitrogens with zero attached hydrogens (tertiary/aromatic N) is 2. The number of rotatable bonds is 15. The molecule has 0 atom stereocenters. The highest BCUT2D eigenvalue weighted by Gasteiger charge is 2.25. The molecule has 0 bridgehead atoms. The van der Waals surface area contributed by atoms with E-state index < -0.39 is 15.5 Å². The molecule has 0 aliphatic carbocycles. The van der Waals surface area contributed by atoms with Crippen LogP contribution in [0.3, 0.4) is 0 Å². The molecule has 0 N–H and O–H groups in total. The van der Waals surface area contributed by atoms with Crippen molar-refractivity contribution in [1.29, 1.82) is 0 Å². The zero-order valence-electron chi connectivity index (χ0n) is 27.2. The summed E-state index contributed by atoms with van der Waals surface area (Å²) in [5.41, 5.74) is 0.372. The number of hydrogen-bond donors (Lipinski definition) is 0. The van der Waals surface area contributed by atoms with E-state index in [2.05, 4.69) is 30.3 Å². The van der Waals surface area contributed by atoms with Crippen molar-refractivity contribution in [3.05, 3.63) is 57.2 Å². The Labute approximate surface area is 293 Å². The second-order valence-corrected chi connectivity index (χ2v) is 13.5. The maximum atomic E-state index is 14.0. The lowest BCUT2D eigenvalue weighted by Crippen LogP contribution is -2.12. The Hall–Kier alpha value is -4.45. The Kier molecular flexibility index (Phi) is 11.3. The molecule has 3 aromatic carbocycles. The smallest absolute Gasteiger partial charge is 0.297 e. The predicted molar refractivity (Wildman–Crippen MR) is 183 cm³/mol. The van der Waals surface area contributed by atoms with E-state index >= 15 is 0 Å². The van der Waals surface area contributed by atoms with Crippen molar-refractivity contribution in [3.8, 4) is 57.3 Å². The van der Waals surface area contributed by atoms with Crippen LogP contribution in [0.15, 0.2) is 70.7 Å². The summed E-state index contributed by atoms with van der Waals surface area (Å²) >= 11 is 4.57. The molecule has 5 rings (SSSR count). The van der Waals surface area contributed by atoms with Crippen molar-refractivity contribution >= 4 is 48.8 Å². The topological polar surface area (TPSA) is 168 Å². The Bertz CT molecular complexity index is 2130. The fraction of sp³-hybridized carbons (Fsp3) is 0.281. The minimum Gasteiger partial charge on any atom is -0.496 e. The van der Waals surface area contributed by atoms with Gasteiger partial charge in [-0.2, -0.15) is 8.42 Å². The quantitative estimate of drug-likeness (QED) is 0.0668. The molecule has 2 heterocycles. The lowest BCUT2D eigenvalue weighted by molar-refractivity contribution is 0.309. The summed E-state index contributed by atoms with van der Waals surface area (Å²) in [5.74, 6) is 2.24. The monoisotopic (exact) mass is 778 g/mol. The number of thioether (sulfide) groups is 1. The number of methoxy groups -OCH3 is 5. The number of benzene rings is 3. The molecule has 0 saturated heterocycles. The third-order valence-corrected chi connectivity index (χ3v) is 9.83. The van der Waals surface area contributed by atoms with Gasteiger partial charge in [0, 0.05) is 27.9 Å². The zero-order valence-corrected chi connectivity index (χ0v) is 30.4. The van der Waals surface area contributed by atoms with E-state index in [0.717, 1.165) is 7.11 Å². The van der Waals surface area contributed by atoms with Crippen LogP contribution in [0.5, 0.6) is 34.5 Å². The van der Waals surface area contributed by atoms with Gasteiger partial charge >= 0.3 is 0 Å². The Balaban J connectivity index is 1.42. The van der Waals surface area contributed by atoms with Crippen molar-refractivity contribution in [1.82, 2.24) is 10.2 Å². The van der Waals surface area contributed by atoms with Gasteiger partial charge in [-0.05, 0) is 36.8 Å². The van der Waals surface area contributed by atoms with Gasteiger partial charge < -0.3 is 37.3 Å². The minimum absolute atomic E-state index is 0.00464. The van der Waals surface area contributed by atoms with Crippen LogP contribution in [0.4, 0.5) is 0 Å². The predicted octanol–water partition coefficient (Wildman–Crippen LogP) is 6.21. The Morgan fingerprint density at radius 1 is 0.816 bits per heavy atom. The largest absolute Gasteiger partial charge is 0.496 e. The third kappa shape index (κ3) is 7.44. The standard InChI is InChI=1S/C32H31BrN2O12S2/c1-39-19-15-21(40-2)26-22(16-19)46-28(17-12-23(41-3)29(43-5)24(13-17)42-4)30(27(26)36)45-10-7-11-48-32-35-34-31(47-32)20-14-18(33)8-9-25(20)49(37,38)44-6/h8-9,12-16H,7,10-11H2,1-6H3. The summed E-state index contributed by atoms with van der Waals surface area (Å²) in [6.07, 6.45) is 0.439. The highest BCUT2D eigenvalue weighted by Crippen LogP contribution is 2.44. The van der Waals surface area contributed by atoms with Crippen molar-refractivity contribution in [2.24, 2.45) is 0 Å². The summed E-state index contributed by atoms with van der Waals surface area (Å²) in [6.45, 7) is 0.0992. The lowest BCUT2D eigenvalue weighted by Gasteiger charge is -2.16. The Morgan fingerprint density at radius 3 is 2.16 bits per heavy atom. The highest BCUT2D eigenvalue weighted by molar-refractivity contribution is 9.10. The molecule has 14 nitrogen and oxygen atoms in total. The first-order chi connectivity index (χ1) is 23.6. The molecule has 0 spiro atoms. The van der Waals surface area contributed by atoms with E-state index in [1.54, 1.807) is 36.4 Å². The van der Waals surface area contributed by atoms with Crippen LogP contribution in [-0.2, 0) is 14.3 Å². The molecule has 0 fully saturated rings. The average molecular weight is 780 g/mol. The Morgan fingerprint density at radius 2 is 1.53 bits per heavy atom. The van der Waals surface area contributed by atoms with Crippen LogP contribution < -0.4 is 33.8 Å². The summed E-state index contributed by atoms with van der Waals surface area (Å²) in [5, 5.41) is 8.44. The van der Waals surface area contributed by atoms with Crippen LogP contribution >= 0.6 is 27.7 Å². The van der Waals surface area contributed by atoms with Gasteiger partial charge in [0.25, 0.3) is 15.3 Å². The van der Waals surface area contributed by atoms with E-state index in [-0.39, 0.29) is 56.4 Å². The summed E-state index contributed by atoms with van der Waals surface area (Å²) in [6, 6.07) is 11.0. The number of fused-ring (bicyclic) bond motifs is 1. The molecule has 49 heavy (non-hydrogen) atoms. The highest BCUT2D eigenvalue weighted by atomic mass is 79.9. The van der Waals surface area contributed by atoms with Crippen molar-refractivity contribution in [3.63, 3.8) is 0 Å². The first-order valence-electron chi connectivity index (χ1n) is 14.3. The molecule has 260 valence electrons. The van der Waals surface area contributed by atoms with E-state index in [1.807, 2.05) is 0 Å². The van der Waals surface area contributed by atoms with Crippen molar-refractivity contribution < 1.29 is 49.9 Å². The van der Waals surface area contributed by atoms with Gasteiger partial charge in [-0.15, -0.1) is 10.2 Å². The second kappa shape index (κ2) is 15.4. The first-order valence-corrected chi connectivity index (χ1v) is 17.5. The lowest BCUT2D eigenvalue weighted by atomic mass is 10.1. The van der Waals surface area contributed by atoms with Crippen LogP contribution in [0.1, 0.15) is 6.42 Å². The van der Waals surface area contributed by atoms with E-state index in [1.165, 1.54) is 53.4 Å². The van der Waals surface area contributed by atoms with Gasteiger partial charge in [0.05, 0.1) is 54.8 Å². The van der Waals surface area contributed by atoms with Crippen molar-refractivity contribution in [2.45, 2.75) is 16.5 Å². The molecule has 5 aromatic rings. The maximum Gasteiger partial charge on any atom is 0.297 e. The van der Waals surface area contributed by atoms with Gasteiger partial charge in [0.15, 0.2) is 17.3 Å². The van der Waals surface area contributed by atoms with Gasteiger partial charge in [0.2, 0.25) is 22.8 Å². The molecule has 0 aliphatic rings. The first kappa shape index (κ1) is 35.8. The number of aromatic nitrogens is 2. The zero-order chi connectivity index (χ0) is 35.3. The van der Waals surface area contributed by atoms with E-state index in [9.17, 15) is 13.2 Å². The summed E-state index contributed by atoms with van der Waals surface area (Å²) in [4.78, 5) is 13.9. The molecule has 0 saturated carbocycles. The van der Waals surface area contributed by atoms with E-state index in [4.69, 9.17) is 37.3 Å². The van der Waals surface area contributed by atoms with E-state index in [0.29, 0.717) is 45.2 Å². The normalized spacial score (nSPS) is 11.4. The summed E-state index contributed by atoms with van der Waals surface area (Å²) < 4.78 is 75.7. The number of ether oxygens (including phenoxy) is 6.